The van der Waals surface area contributed by atoms with E-state index in [0.717, 1.165) is 54.6 Å². The Labute approximate surface area is 308 Å². The van der Waals surface area contributed by atoms with Crippen LogP contribution in [0.1, 0.15) is 110 Å². The molecule has 5 heteroatoms. The maximum atomic E-state index is 13.8. The van der Waals surface area contributed by atoms with E-state index in [1.54, 1.807) is 0 Å². The second kappa shape index (κ2) is 16.1. The second-order valence-corrected chi connectivity index (χ2v) is 17.3. The van der Waals surface area contributed by atoms with Crippen LogP contribution in [0.3, 0.4) is 0 Å². The fourth-order valence-electron chi connectivity index (χ4n) is 11.1. The molecule has 2 aromatic rings. The minimum atomic E-state index is -0.824. The minimum Gasteiger partial charge on any atom is -0.461 e. The van der Waals surface area contributed by atoms with Gasteiger partial charge in [0.05, 0.1) is 0 Å². The number of benzene rings is 2. The van der Waals surface area contributed by atoms with Gasteiger partial charge in [0.1, 0.15) is 18.8 Å². The van der Waals surface area contributed by atoms with Gasteiger partial charge in [0.15, 0.2) is 0 Å². The molecule has 0 heterocycles. The van der Waals surface area contributed by atoms with Crippen LogP contribution in [0.25, 0.3) is 0 Å². The molecule has 4 aliphatic carbocycles. The lowest BCUT2D eigenvalue weighted by Crippen LogP contribution is -2.51. The summed E-state index contributed by atoms with van der Waals surface area (Å²) in [4.78, 5) is 26.6. The summed E-state index contributed by atoms with van der Waals surface area (Å²) in [5, 5.41) is 2.83. The third-order valence-electron chi connectivity index (χ3n) is 14.1. The summed E-state index contributed by atoms with van der Waals surface area (Å²) in [5.74, 6) is 4.64. The Balaban J connectivity index is 1.09. The van der Waals surface area contributed by atoms with Crippen molar-refractivity contribution in [1.82, 2.24) is 5.32 Å². The van der Waals surface area contributed by atoms with Crippen molar-refractivity contribution in [2.45, 2.75) is 125 Å². The molecule has 2 aromatic carbocycles. The van der Waals surface area contributed by atoms with E-state index in [1.807, 2.05) is 60.7 Å². The van der Waals surface area contributed by atoms with Crippen molar-refractivity contribution in [2.24, 2.45) is 52.3 Å². The van der Waals surface area contributed by atoms with Gasteiger partial charge in [0, 0.05) is 12.8 Å². The number of nitrogens with one attached hydrogen (secondary N) is 1. The largest absolute Gasteiger partial charge is 0.461 e. The summed E-state index contributed by atoms with van der Waals surface area (Å²) in [6.45, 7) is 14.8. The average molecular weight is 694 g/mol. The standard InChI is InChI=1S/C46H63NO4/c1-7-35(31(2)3)19-18-32(4)39-22-23-40-38-21-20-36-29-37(24-26-45(36,5)41(38)25-27-46(39,40)6)51-43(48)42(28-33-14-10-8-11-15-33)47-44(49)50-30-34-16-12-9-13-17-34/h8-20,31-32,35,37-42H,7,21-30H2,1-6H3,(H,47,49)/t32-,35-,37+,38+,39-,40+,41+,42+,45+,46-/m1/s1. The molecule has 0 bridgehead atoms. The highest BCUT2D eigenvalue weighted by atomic mass is 16.6. The second-order valence-electron chi connectivity index (χ2n) is 17.3. The van der Waals surface area contributed by atoms with Gasteiger partial charge in [0.2, 0.25) is 0 Å². The monoisotopic (exact) mass is 693 g/mol. The first-order valence-electron chi connectivity index (χ1n) is 20.1. The molecule has 1 N–H and O–H groups in total. The number of hydrogen-bond acceptors (Lipinski definition) is 4. The van der Waals surface area contributed by atoms with E-state index in [4.69, 9.17) is 9.47 Å². The zero-order valence-corrected chi connectivity index (χ0v) is 32.1. The number of rotatable bonds is 12. The Bertz CT molecular complexity index is 1530. The minimum absolute atomic E-state index is 0.145. The van der Waals surface area contributed by atoms with Gasteiger partial charge in [-0.1, -0.05) is 126 Å². The van der Waals surface area contributed by atoms with E-state index in [-0.39, 0.29) is 24.1 Å². The van der Waals surface area contributed by atoms with Crippen LogP contribution in [0.5, 0.6) is 0 Å². The smallest absolute Gasteiger partial charge is 0.408 e. The summed E-state index contributed by atoms with van der Waals surface area (Å²) >= 11 is 0. The van der Waals surface area contributed by atoms with Gasteiger partial charge in [-0.2, -0.15) is 0 Å². The molecule has 51 heavy (non-hydrogen) atoms. The van der Waals surface area contributed by atoms with E-state index in [9.17, 15) is 9.59 Å². The average Bonchev–Trinajstić information content (AvgIpc) is 3.49. The molecular formula is C46H63NO4. The summed E-state index contributed by atoms with van der Waals surface area (Å²) < 4.78 is 11.7. The molecule has 0 saturated heterocycles. The third-order valence-corrected chi connectivity index (χ3v) is 14.1. The lowest BCUT2D eigenvalue weighted by Gasteiger charge is -2.58. The molecule has 0 unspecified atom stereocenters. The third kappa shape index (κ3) is 8.18. The van der Waals surface area contributed by atoms with Gasteiger partial charge < -0.3 is 14.8 Å². The van der Waals surface area contributed by atoms with Crippen molar-refractivity contribution >= 4 is 12.1 Å². The molecule has 1 amide bonds. The number of alkyl carbamates (subject to hydrolysis) is 1. The molecule has 5 nitrogen and oxygen atoms in total. The zero-order valence-electron chi connectivity index (χ0n) is 32.1. The molecular weight excluding hydrogens is 631 g/mol. The van der Waals surface area contributed by atoms with Crippen LogP contribution >= 0.6 is 0 Å². The topological polar surface area (TPSA) is 64.6 Å². The molecule has 4 aliphatic rings. The van der Waals surface area contributed by atoms with Crippen LogP contribution in [-0.4, -0.2) is 24.2 Å². The number of fused-ring (bicyclic) bond motifs is 5. The SMILES string of the molecule is CC[C@H](C=C[C@@H](C)[C@H]1CC[C@H]2[C@@H]3CC=C4C[C@@H](OC(=O)[C@H](Cc5ccccc5)NC(=O)OCc5ccccc5)CC[C@]4(C)[C@H]3CC[C@]12C)C(C)C. The van der Waals surface area contributed by atoms with Crippen molar-refractivity contribution in [3.05, 3.63) is 95.6 Å². The Kier molecular flexibility index (Phi) is 11.8. The van der Waals surface area contributed by atoms with Crippen molar-refractivity contribution in [2.75, 3.05) is 0 Å². The molecule has 276 valence electrons. The van der Waals surface area contributed by atoms with Gasteiger partial charge in [-0.05, 0) is 115 Å². The van der Waals surface area contributed by atoms with Gasteiger partial charge >= 0.3 is 12.1 Å². The predicted octanol–water partition coefficient (Wildman–Crippen LogP) is 10.9. The maximum absolute atomic E-state index is 13.8. The van der Waals surface area contributed by atoms with Crippen molar-refractivity contribution in [3.8, 4) is 0 Å². The lowest BCUT2D eigenvalue weighted by molar-refractivity contribution is -0.154. The molecule has 0 aromatic heterocycles. The lowest BCUT2D eigenvalue weighted by atomic mass is 9.47. The number of hydrogen-bond donors (Lipinski definition) is 1. The summed E-state index contributed by atoms with van der Waals surface area (Å²) in [6.07, 6.45) is 17.7. The summed E-state index contributed by atoms with van der Waals surface area (Å²) in [5.41, 5.74) is 3.95. The van der Waals surface area contributed by atoms with Crippen LogP contribution in [0, 0.1) is 52.3 Å². The van der Waals surface area contributed by atoms with Gasteiger partial charge in [-0.15, -0.1) is 0 Å². The number of carbonyl (C=O) groups excluding carboxylic acids is 2. The van der Waals surface area contributed by atoms with Crippen LogP contribution in [0.15, 0.2) is 84.5 Å². The highest BCUT2D eigenvalue weighted by Crippen LogP contribution is 2.67. The molecule has 6 rings (SSSR count). The van der Waals surface area contributed by atoms with Gasteiger partial charge in [0.25, 0.3) is 0 Å². The first-order chi connectivity index (χ1) is 24.5. The normalized spacial score (nSPS) is 31.8. The quantitative estimate of drug-likeness (QED) is 0.178. The highest BCUT2D eigenvalue weighted by molar-refractivity contribution is 5.81. The maximum Gasteiger partial charge on any atom is 0.408 e. The van der Waals surface area contributed by atoms with Crippen molar-refractivity contribution < 1.29 is 19.1 Å². The zero-order chi connectivity index (χ0) is 36.2. The fraction of sp³-hybridized carbons (Fsp3) is 0.609. The number of esters is 1. The predicted molar refractivity (Wildman–Crippen MR) is 206 cm³/mol. The van der Waals surface area contributed by atoms with Crippen LogP contribution in [0.2, 0.25) is 0 Å². The van der Waals surface area contributed by atoms with Crippen molar-refractivity contribution in [3.63, 3.8) is 0 Å². The van der Waals surface area contributed by atoms with E-state index in [2.05, 4.69) is 65.1 Å². The highest BCUT2D eigenvalue weighted by Gasteiger charge is 2.59. The Hall–Kier alpha value is -3.34. The van der Waals surface area contributed by atoms with E-state index in [1.165, 1.54) is 37.7 Å². The van der Waals surface area contributed by atoms with E-state index < -0.39 is 12.1 Å². The van der Waals surface area contributed by atoms with E-state index >= 15 is 0 Å². The van der Waals surface area contributed by atoms with Crippen LogP contribution in [-0.2, 0) is 27.3 Å². The molecule has 3 saturated carbocycles. The van der Waals surface area contributed by atoms with E-state index in [0.29, 0.717) is 35.5 Å². The number of allylic oxidation sites excluding steroid dienone is 3. The Morgan fingerprint density at radius 3 is 2.27 bits per heavy atom. The van der Waals surface area contributed by atoms with Crippen LogP contribution < -0.4 is 5.32 Å². The van der Waals surface area contributed by atoms with Crippen LogP contribution in [0.4, 0.5) is 4.79 Å². The Morgan fingerprint density at radius 2 is 1.59 bits per heavy atom. The van der Waals surface area contributed by atoms with Crippen molar-refractivity contribution in [1.29, 1.82) is 0 Å². The molecule has 0 spiro atoms. The molecule has 0 aliphatic heterocycles. The number of amides is 1. The molecule has 3 fully saturated rings. The summed E-state index contributed by atoms with van der Waals surface area (Å²) in [6, 6.07) is 18.5. The van der Waals surface area contributed by atoms with Gasteiger partial charge in [-0.25, -0.2) is 9.59 Å². The fourth-order valence-corrected chi connectivity index (χ4v) is 11.1. The molecule has 10 atom stereocenters. The Morgan fingerprint density at radius 1 is 0.882 bits per heavy atom. The first-order valence-corrected chi connectivity index (χ1v) is 20.1. The number of carbonyl (C=O) groups is 2. The molecule has 0 radical (unpaired) electrons. The number of ether oxygens (including phenoxy) is 2. The summed E-state index contributed by atoms with van der Waals surface area (Å²) in [7, 11) is 0. The first kappa shape index (κ1) is 37.4. The van der Waals surface area contributed by atoms with Gasteiger partial charge in [-0.3, -0.25) is 0 Å².